The van der Waals surface area contributed by atoms with Crippen LogP contribution in [0.3, 0.4) is 0 Å². The van der Waals surface area contributed by atoms with Crippen molar-refractivity contribution in [1.29, 1.82) is 0 Å². The highest BCUT2D eigenvalue weighted by molar-refractivity contribution is 5.94. The first-order valence-corrected chi connectivity index (χ1v) is 10.8. The molecule has 0 aromatic heterocycles. The zero-order valence-electron chi connectivity index (χ0n) is 18.8. The number of hydrogen-bond donors (Lipinski definition) is 6. The van der Waals surface area contributed by atoms with Gasteiger partial charge >= 0.3 is 11.9 Å². The second kappa shape index (κ2) is 13.5. The maximum absolute atomic E-state index is 12.6. The van der Waals surface area contributed by atoms with Crippen LogP contribution < -0.4 is 21.7 Å². The standard InChI is InChI=1S/C24H28N4O7/c25-17(11-15-7-3-1-4-8-15)22(32)26-14-20(29)27-18(13-21(30)31)23(33)28-19(24(34)35)12-16-9-5-2-6-10-16/h1-10,17-19H,11-14,25H2,(H,26,32)(H,27,29)(H,28,33)(H,30,31)(H,34,35). The molecule has 2 aromatic carbocycles. The Morgan fingerprint density at radius 2 is 1.29 bits per heavy atom. The van der Waals surface area contributed by atoms with Gasteiger partial charge in [-0.3, -0.25) is 19.2 Å². The summed E-state index contributed by atoms with van der Waals surface area (Å²) in [5.41, 5.74) is 7.34. The third-order valence-corrected chi connectivity index (χ3v) is 4.99. The third kappa shape index (κ3) is 9.64. The highest BCUT2D eigenvalue weighted by Gasteiger charge is 2.28. The van der Waals surface area contributed by atoms with E-state index < -0.39 is 60.8 Å². The van der Waals surface area contributed by atoms with Gasteiger partial charge in [-0.15, -0.1) is 0 Å². The summed E-state index contributed by atoms with van der Waals surface area (Å²) in [5.74, 6) is -5.11. The second-order valence-electron chi connectivity index (χ2n) is 7.82. The lowest BCUT2D eigenvalue weighted by Gasteiger charge is -2.21. The number of hydrogen-bond acceptors (Lipinski definition) is 6. The van der Waals surface area contributed by atoms with Gasteiger partial charge in [0.15, 0.2) is 0 Å². The van der Waals surface area contributed by atoms with Crippen LogP contribution >= 0.6 is 0 Å². The Kier molecular flexibility index (Phi) is 10.4. The predicted octanol–water partition coefficient (Wildman–Crippen LogP) is -0.556. The van der Waals surface area contributed by atoms with Crippen LogP contribution in [0.4, 0.5) is 0 Å². The number of nitrogens with one attached hydrogen (secondary N) is 3. The molecule has 0 aliphatic carbocycles. The molecule has 0 saturated carbocycles. The van der Waals surface area contributed by atoms with Crippen LogP contribution in [-0.2, 0) is 36.8 Å². The molecule has 3 unspecified atom stereocenters. The van der Waals surface area contributed by atoms with E-state index in [0.29, 0.717) is 5.56 Å². The Labute approximate surface area is 201 Å². The highest BCUT2D eigenvalue weighted by atomic mass is 16.4. The molecule has 0 radical (unpaired) electrons. The quantitative estimate of drug-likeness (QED) is 0.218. The lowest BCUT2D eigenvalue weighted by molar-refractivity contribution is -0.143. The molecule has 3 amide bonds. The van der Waals surface area contributed by atoms with Crippen molar-refractivity contribution in [2.24, 2.45) is 5.73 Å². The van der Waals surface area contributed by atoms with Gasteiger partial charge in [0.2, 0.25) is 17.7 Å². The van der Waals surface area contributed by atoms with E-state index in [-0.39, 0.29) is 12.8 Å². The zero-order valence-corrected chi connectivity index (χ0v) is 18.8. The normalized spacial score (nSPS) is 13.1. The van der Waals surface area contributed by atoms with Gasteiger partial charge in [0, 0.05) is 6.42 Å². The van der Waals surface area contributed by atoms with Gasteiger partial charge in [-0.05, 0) is 17.5 Å². The van der Waals surface area contributed by atoms with Crippen molar-refractivity contribution in [1.82, 2.24) is 16.0 Å². The molecule has 11 nitrogen and oxygen atoms in total. The Balaban J connectivity index is 1.93. The van der Waals surface area contributed by atoms with Gasteiger partial charge in [0.1, 0.15) is 12.1 Å². The number of carboxylic acid groups (broad SMARTS) is 2. The van der Waals surface area contributed by atoms with E-state index in [9.17, 15) is 29.1 Å². The van der Waals surface area contributed by atoms with Gasteiger partial charge in [-0.25, -0.2) is 4.79 Å². The SMILES string of the molecule is NC(Cc1ccccc1)C(=O)NCC(=O)NC(CC(=O)O)C(=O)NC(Cc1ccccc1)C(=O)O. The van der Waals surface area contributed by atoms with Crippen LogP contribution in [-0.4, -0.2) is 64.5 Å². The van der Waals surface area contributed by atoms with E-state index in [1.54, 1.807) is 54.6 Å². The molecule has 186 valence electrons. The fraction of sp³-hybridized carbons (Fsp3) is 0.292. The highest BCUT2D eigenvalue weighted by Crippen LogP contribution is 2.05. The first-order valence-electron chi connectivity index (χ1n) is 10.8. The van der Waals surface area contributed by atoms with Gasteiger partial charge in [0.25, 0.3) is 0 Å². The van der Waals surface area contributed by atoms with Crippen LogP contribution in [0.1, 0.15) is 17.5 Å². The van der Waals surface area contributed by atoms with Crippen molar-refractivity contribution in [2.45, 2.75) is 37.4 Å². The molecule has 2 aromatic rings. The molecule has 0 heterocycles. The lowest BCUT2D eigenvalue weighted by Crippen LogP contribution is -2.54. The molecule has 35 heavy (non-hydrogen) atoms. The van der Waals surface area contributed by atoms with Crippen LogP contribution in [0.2, 0.25) is 0 Å². The number of amides is 3. The fourth-order valence-electron chi connectivity index (χ4n) is 3.21. The molecular weight excluding hydrogens is 456 g/mol. The molecular formula is C24H28N4O7. The number of rotatable bonds is 13. The topological polar surface area (TPSA) is 188 Å². The summed E-state index contributed by atoms with van der Waals surface area (Å²) in [5, 5.41) is 25.4. The summed E-state index contributed by atoms with van der Waals surface area (Å²) in [6, 6.07) is 13.8. The third-order valence-electron chi connectivity index (χ3n) is 4.99. The van der Waals surface area contributed by atoms with Crippen LogP contribution in [0, 0.1) is 0 Å². The molecule has 11 heteroatoms. The number of carbonyl (C=O) groups is 5. The molecule has 0 bridgehead atoms. The Morgan fingerprint density at radius 3 is 1.80 bits per heavy atom. The van der Waals surface area contributed by atoms with E-state index in [0.717, 1.165) is 5.56 Å². The maximum atomic E-state index is 12.6. The Morgan fingerprint density at radius 1 is 0.743 bits per heavy atom. The van der Waals surface area contributed by atoms with E-state index in [1.807, 2.05) is 6.07 Å². The van der Waals surface area contributed by atoms with E-state index in [4.69, 9.17) is 10.8 Å². The molecule has 0 spiro atoms. The van der Waals surface area contributed by atoms with Crippen LogP contribution in [0.5, 0.6) is 0 Å². The average molecular weight is 485 g/mol. The predicted molar refractivity (Wildman–Crippen MR) is 125 cm³/mol. The number of carboxylic acids is 2. The smallest absolute Gasteiger partial charge is 0.326 e. The number of aliphatic carboxylic acids is 2. The van der Waals surface area contributed by atoms with Crippen molar-refractivity contribution in [2.75, 3.05) is 6.54 Å². The molecule has 7 N–H and O–H groups in total. The summed E-state index contributed by atoms with van der Waals surface area (Å²) in [6.45, 7) is -0.545. The van der Waals surface area contributed by atoms with Crippen molar-refractivity contribution < 1.29 is 34.2 Å². The molecule has 0 aliphatic heterocycles. The lowest BCUT2D eigenvalue weighted by atomic mass is 10.1. The Bertz CT molecular complexity index is 1030. The van der Waals surface area contributed by atoms with E-state index in [1.165, 1.54) is 0 Å². The van der Waals surface area contributed by atoms with Gasteiger partial charge in [-0.2, -0.15) is 0 Å². The molecule has 0 saturated heterocycles. The summed E-state index contributed by atoms with van der Waals surface area (Å²) in [6.07, 6.45) is -0.571. The first kappa shape index (κ1) is 27.0. The number of nitrogens with two attached hydrogens (primary N) is 1. The average Bonchev–Trinajstić information content (AvgIpc) is 2.82. The summed E-state index contributed by atoms with van der Waals surface area (Å²) < 4.78 is 0. The number of carbonyl (C=O) groups excluding carboxylic acids is 3. The minimum Gasteiger partial charge on any atom is -0.481 e. The minimum atomic E-state index is -1.55. The zero-order chi connectivity index (χ0) is 25.8. The Hall–Kier alpha value is -4.25. The van der Waals surface area contributed by atoms with Gasteiger partial charge < -0.3 is 31.9 Å². The van der Waals surface area contributed by atoms with Crippen molar-refractivity contribution in [3.63, 3.8) is 0 Å². The fourth-order valence-corrected chi connectivity index (χ4v) is 3.21. The second-order valence-corrected chi connectivity index (χ2v) is 7.82. The van der Waals surface area contributed by atoms with Crippen molar-refractivity contribution in [3.8, 4) is 0 Å². The summed E-state index contributed by atoms with van der Waals surface area (Å²) in [4.78, 5) is 59.9. The largest absolute Gasteiger partial charge is 0.481 e. The summed E-state index contributed by atoms with van der Waals surface area (Å²) in [7, 11) is 0. The minimum absolute atomic E-state index is 0.0367. The monoisotopic (exact) mass is 484 g/mol. The first-order chi connectivity index (χ1) is 16.7. The maximum Gasteiger partial charge on any atom is 0.326 e. The molecule has 0 fully saturated rings. The van der Waals surface area contributed by atoms with Gasteiger partial charge in [0.05, 0.1) is 19.0 Å². The number of benzene rings is 2. The van der Waals surface area contributed by atoms with Gasteiger partial charge in [-0.1, -0.05) is 60.7 Å². The van der Waals surface area contributed by atoms with Crippen molar-refractivity contribution in [3.05, 3.63) is 71.8 Å². The van der Waals surface area contributed by atoms with E-state index in [2.05, 4.69) is 16.0 Å². The van der Waals surface area contributed by atoms with Crippen molar-refractivity contribution >= 4 is 29.7 Å². The van der Waals surface area contributed by atoms with Crippen LogP contribution in [0.15, 0.2) is 60.7 Å². The molecule has 0 aliphatic rings. The summed E-state index contributed by atoms with van der Waals surface area (Å²) >= 11 is 0. The molecule has 2 rings (SSSR count). The van der Waals surface area contributed by atoms with E-state index >= 15 is 0 Å². The van der Waals surface area contributed by atoms with Crippen LogP contribution in [0.25, 0.3) is 0 Å². The molecule has 3 atom stereocenters.